The van der Waals surface area contributed by atoms with E-state index >= 15 is 0 Å². The Morgan fingerprint density at radius 1 is 0.857 bits per heavy atom. The minimum Gasteiger partial charge on any atom is -0.249 e. The Morgan fingerprint density at radius 3 is 1.86 bits per heavy atom. The van der Waals surface area contributed by atoms with Crippen LogP contribution in [0.2, 0.25) is 0 Å². The van der Waals surface area contributed by atoms with Crippen LogP contribution in [0.15, 0.2) is 24.3 Å². The Kier molecular flexibility index (Phi) is 1.06. The highest BCUT2D eigenvalue weighted by Gasteiger charge is 2.44. The molecule has 0 atom stereocenters. The Morgan fingerprint density at radius 2 is 1.36 bits per heavy atom. The first-order chi connectivity index (χ1) is 6.92. The zero-order valence-electron chi connectivity index (χ0n) is 7.77. The average Bonchev–Trinajstić information content (AvgIpc) is 2.65. The van der Waals surface area contributed by atoms with Crippen molar-refractivity contribution in [3.05, 3.63) is 35.7 Å². The lowest BCUT2D eigenvalue weighted by Gasteiger charge is -2.21. The predicted octanol–water partition coefficient (Wildman–Crippen LogP) is 2.60. The molecule has 0 unspecified atom stereocenters. The van der Waals surface area contributed by atoms with Gasteiger partial charge in [-0.2, -0.15) is 0 Å². The van der Waals surface area contributed by atoms with Gasteiger partial charge in [0.05, 0.1) is 22.4 Å². The van der Waals surface area contributed by atoms with Crippen molar-refractivity contribution in [2.45, 2.75) is 24.7 Å². The van der Waals surface area contributed by atoms with Gasteiger partial charge in [0.1, 0.15) is 0 Å². The normalized spacial score (nSPS) is 27.4. The maximum absolute atomic E-state index is 4.72. The van der Waals surface area contributed by atoms with E-state index in [0.717, 1.165) is 22.9 Å². The first kappa shape index (κ1) is 6.93. The number of hydrogen-bond acceptors (Lipinski definition) is 2. The van der Waals surface area contributed by atoms with Gasteiger partial charge in [0.15, 0.2) is 0 Å². The van der Waals surface area contributed by atoms with Gasteiger partial charge in [-0.3, -0.25) is 0 Å². The van der Waals surface area contributed by atoms with Crippen LogP contribution < -0.4 is 0 Å². The highest BCUT2D eigenvalue weighted by Crippen LogP contribution is 2.55. The summed E-state index contributed by atoms with van der Waals surface area (Å²) in [5.41, 5.74) is 4.68. The van der Waals surface area contributed by atoms with E-state index in [1.54, 1.807) is 0 Å². The largest absolute Gasteiger partial charge is 0.249 e. The molecule has 2 nitrogen and oxygen atoms in total. The van der Waals surface area contributed by atoms with Crippen molar-refractivity contribution in [2.24, 2.45) is 0 Å². The molecule has 1 fully saturated rings. The molecule has 3 aliphatic rings. The smallest absolute Gasteiger partial charge is 0.0890 e. The molecule has 1 aromatic heterocycles. The predicted molar refractivity (Wildman–Crippen MR) is 54.3 cm³/mol. The summed E-state index contributed by atoms with van der Waals surface area (Å²) in [5, 5.41) is 0. The standard InChI is InChI=1S/C12H10N2/c1-2-4-10-9(3-1)13-11-7-5-8(6-7)12(11)14-10/h1-4,7-8H,5-6H2. The van der Waals surface area contributed by atoms with Gasteiger partial charge in [-0.05, 0) is 25.0 Å². The fourth-order valence-corrected chi connectivity index (χ4v) is 2.69. The molecule has 0 saturated heterocycles. The number of fused-ring (bicyclic) bond motifs is 1. The summed E-state index contributed by atoms with van der Waals surface area (Å²) in [6.07, 6.45) is 2.59. The summed E-state index contributed by atoms with van der Waals surface area (Å²) in [6.45, 7) is 0. The average molecular weight is 182 g/mol. The minimum absolute atomic E-state index is 0.729. The maximum atomic E-state index is 4.72. The van der Waals surface area contributed by atoms with Crippen LogP contribution in [0.4, 0.5) is 0 Å². The summed E-state index contributed by atoms with van der Waals surface area (Å²) >= 11 is 0. The first-order valence-corrected chi connectivity index (χ1v) is 5.18. The number of nitrogens with zero attached hydrogens (tertiary/aromatic N) is 2. The molecule has 1 heterocycles. The van der Waals surface area contributed by atoms with Gasteiger partial charge in [0, 0.05) is 11.8 Å². The quantitative estimate of drug-likeness (QED) is 0.625. The monoisotopic (exact) mass is 182 g/mol. The van der Waals surface area contributed by atoms with Gasteiger partial charge in [0.25, 0.3) is 0 Å². The van der Waals surface area contributed by atoms with Crippen molar-refractivity contribution >= 4 is 11.0 Å². The third-order valence-corrected chi connectivity index (χ3v) is 3.54. The van der Waals surface area contributed by atoms with E-state index in [4.69, 9.17) is 9.97 Å². The lowest BCUT2D eigenvalue weighted by Crippen LogP contribution is -2.07. The summed E-state index contributed by atoms with van der Waals surface area (Å²) in [4.78, 5) is 9.43. The molecular weight excluding hydrogens is 172 g/mol. The van der Waals surface area contributed by atoms with E-state index in [9.17, 15) is 0 Å². The third-order valence-electron chi connectivity index (χ3n) is 3.54. The molecule has 14 heavy (non-hydrogen) atoms. The van der Waals surface area contributed by atoms with Gasteiger partial charge < -0.3 is 0 Å². The first-order valence-electron chi connectivity index (χ1n) is 5.18. The SMILES string of the molecule is c1ccc2nc3c(nc2c1)C1CC3C1. The molecule has 3 aliphatic carbocycles. The topological polar surface area (TPSA) is 25.8 Å². The summed E-state index contributed by atoms with van der Waals surface area (Å²) in [7, 11) is 0. The van der Waals surface area contributed by atoms with Crippen molar-refractivity contribution in [1.82, 2.24) is 9.97 Å². The van der Waals surface area contributed by atoms with Crippen LogP contribution in [0, 0.1) is 0 Å². The molecule has 0 amide bonds. The van der Waals surface area contributed by atoms with Gasteiger partial charge in [-0.15, -0.1) is 0 Å². The number of rotatable bonds is 0. The summed E-state index contributed by atoms with van der Waals surface area (Å²) in [5.74, 6) is 1.46. The molecule has 2 heteroatoms. The number of aromatic nitrogens is 2. The third kappa shape index (κ3) is 0.684. The molecule has 2 aromatic rings. The van der Waals surface area contributed by atoms with Crippen molar-refractivity contribution in [1.29, 1.82) is 0 Å². The second kappa shape index (κ2) is 2.14. The number of para-hydroxylation sites is 2. The fraction of sp³-hybridized carbons (Fsp3) is 0.333. The highest BCUT2D eigenvalue weighted by atomic mass is 14.9. The molecule has 0 aliphatic heterocycles. The highest BCUT2D eigenvalue weighted by molar-refractivity contribution is 5.75. The van der Waals surface area contributed by atoms with Crippen LogP contribution in [0.5, 0.6) is 0 Å². The van der Waals surface area contributed by atoms with Crippen LogP contribution >= 0.6 is 0 Å². The Bertz CT molecular complexity index is 480. The van der Waals surface area contributed by atoms with Crippen LogP contribution in [0.25, 0.3) is 11.0 Å². The van der Waals surface area contributed by atoms with E-state index in [2.05, 4.69) is 12.1 Å². The van der Waals surface area contributed by atoms with Crippen molar-refractivity contribution < 1.29 is 0 Å². The lowest BCUT2D eigenvalue weighted by molar-refractivity contribution is 0.399. The van der Waals surface area contributed by atoms with Gasteiger partial charge >= 0.3 is 0 Å². The zero-order chi connectivity index (χ0) is 9.12. The van der Waals surface area contributed by atoms with E-state index in [1.165, 1.54) is 24.2 Å². The van der Waals surface area contributed by atoms with Gasteiger partial charge in [-0.1, -0.05) is 12.1 Å². The second-order valence-electron chi connectivity index (χ2n) is 4.35. The van der Waals surface area contributed by atoms with Gasteiger partial charge in [0.2, 0.25) is 0 Å². The minimum atomic E-state index is 0.729. The van der Waals surface area contributed by atoms with Crippen molar-refractivity contribution in [3.63, 3.8) is 0 Å². The molecule has 0 spiro atoms. The van der Waals surface area contributed by atoms with Crippen molar-refractivity contribution in [3.8, 4) is 0 Å². The van der Waals surface area contributed by atoms with Crippen LogP contribution in [0.3, 0.4) is 0 Å². The number of benzene rings is 1. The molecule has 2 bridgehead atoms. The van der Waals surface area contributed by atoms with Crippen molar-refractivity contribution in [2.75, 3.05) is 0 Å². The van der Waals surface area contributed by atoms with Crippen LogP contribution in [0.1, 0.15) is 36.1 Å². The Balaban J connectivity index is 2.11. The van der Waals surface area contributed by atoms with E-state index in [-0.39, 0.29) is 0 Å². The summed E-state index contributed by atoms with van der Waals surface area (Å²) in [6, 6.07) is 8.17. The van der Waals surface area contributed by atoms with E-state index in [1.807, 2.05) is 12.1 Å². The van der Waals surface area contributed by atoms with Crippen LogP contribution in [-0.4, -0.2) is 9.97 Å². The molecule has 0 radical (unpaired) electrons. The van der Waals surface area contributed by atoms with E-state index < -0.39 is 0 Å². The number of hydrogen-bond donors (Lipinski definition) is 0. The molecule has 0 N–H and O–H groups in total. The molecule has 5 rings (SSSR count). The van der Waals surface area contributed by atoms with E-state index in [0.29, 0.717) is 0 Å². The molecular formula is C12H10N2. The molecule has 1 aromatic carbocycles. The van der Waals surface area contributed by atoms with Gasteiger partial charge in [-0.25, -0.2) is 9.97 Å². The fourth-order valence-electron chi connectivity index (χ4n) is 2.69. The van der Waals surface area contributed by atoms with Crippen LogP contribution in [-0.2, 0) is 0 Å². The molecule has 1 saturated carbocycles. The lowest BCUT2D eigenvalue weighted by atomic mass is 9.83. The summed E-state index contributed by atoms with van der Waals surface area (Å²) < 4.78 is 0. The molecule has 68 valence electrons. The second-order valence-corrected chi connectivity index (χ2v) is 4.35. The maximum Gasteiger partial charge on any atom is 0.0890 e. The zero-order valence-corrected chi connectivity index (χ0v) is 7.77. The Hall–Kier alpha value is -1.44. The Labute approximate surface area is 82.0 Å².